The molecule has 0 radical (unpaired) electrons. The third-order valence-corrected chi connectivity index (χ3v) is 6.88. The van der Waals surface area contributed by atoms with Gasteiger partial charge >= 0.3 is 0 Å². The third-order valence-electron chi connectivity index (χ3n) is 5.83. The summed E-state index contributed by atoms with van der Waals surface area (Å²) in [5.74, 6) is -0.0489. The number of fused-ring (bicyclic) bond motifs is 1. The van der Waals surface area contributed by atoms with E-state index >= 15 is 0 Å². The van der Waals surface area contributed by atoms with Crippen LogP contribution in [0.25, 0.3) is 10.2 Å². The molecule has 1 atom stereocenters. The third kappa shape index (κ3) is 4.97. The molecule has 3 rings (SSSR count). The summed E-state index contributed by atoms with van der Waals surface area (Å²) in [5.41, 5.74) is 6.07. The maximum absolute atomic E-state index is 13.2. The van der Waals surface area contributed by atoms with Gasteiger partial charge < -0.3 is 11.1 Å². The summed E-state index contributed by atoms with van der Waals surface area (Å²) in [5, 5.41) is 3.58. The number of unbranched alkanes of at least 4 members (excludes halogenated alkanes) is 2. The van der Waals surface area contributed by atoms with Crippen molar-refractivity contribution in [3.05, 3.63) is 29.3 Å². The van der Waals surface area contributed by atoms with Crippen LogP contribution in [-0.4, -0.2) is 29.3 Å². The normalized spacial score (nSPS) is 17.4. The van der Waals surface area contributed by atoms with Crippen molar-refractivity contribution >= 4 is 33.2 Å². The molecule has 1 heterocycles. The monoisotopic (exact) mass is 401 g/mol. The minimum absolute atomic E-state index is 0.0190. The Morgan fingerprint density at radius 1 is 1.18 bits per heavy atom. The lowest BCUT2D eigenvalue weighted by atomic mass is 9.75. The van der Waals surface area contributed by atoms with Gasteiger partial charge in [0.25, 0.3) is 0 Å². The van der Waals surface area contributed by atoms with Crippen LogP contribution < -0.4 is 11.1 Å². The Morgan fingerprint density at radius 2 is 1.93 bits per heavy atom. The number of nitrogens with one attached hydrogen (secondary N) is 1. The zero-order valence-electron chi connectivity index (χ0n) is 16.7. The Hall–Kier alpha value is -1.79. The Morgan fingerprint density at radius 3 is 2.64 bits per heavy atom. The predicted molar refractivity (Wildman–Crippen MR) is 115 cm³/mol. The lowest BCUT2D eigenvalue weighted by Crippen LogP contribution is -2.48. The number of nitrogens with zero attached hydrogens (tertiary/aromatic N) is 1. The second kappa shape index (κ2) is 9.61. The summed E-state index contributed by atoms with van der Waals surface area (Å²) >= 11 is 1.41. The summed E-state index contributed by atoms with van der Waals surface area (Å²) in [6.45, 7) is 2.69. The molecule has 0 saturated heterocycles. The van der Waals surface area contributed by atoms with Gasteiger partial charge in [-0.3, -0.25) is 9.59 Å². The number of carbonyl (C=O) groups is 2. The summed E-state index contributed by atoms with van der Waals surface area (Å²) in [6, 6.07) is 7.25. The second-order valence-corrected chi connectivity index (χ2v) is 9.17. The SMILES string of the molecule is CC1(C(=O)N[C@@H](CCCCCN)C(=O)c2nc3ccccc3s2)CCCCC1. The lowest BCUT2D eigenvalue weighted by Gasteiger charge is -2.33. The number of hydrogen-bond donors (Lipinski definition) is 2. The fourth-order valence-electron chi connectivity index (χ4n) is 3.96. The fraction of sp³-hybridized carbons (Fsp3) is 0.591. The molecule has 1 aliphatic carbocycles. The van der Waals surface area contributed by atoms with E-state index in [2.05, 4.69) is 10.3 Å². The molecule has 3 N–H and O–H groups in total. The first-order chi connectivity index (χ1) is 13.5. The van der Waals surface area contributed by atoms with Gasteiger partial charge in [0.1, 0.15) is 0 Å². The number of nitrogens with two attached hydrogens (primary N) is 1. The van der Waals surface area contributed by atoms with Crippen molar-refractivity contribution in [1.29, 1.82) is 0 Å². The zero-order chi connectivity index (χ0) is 20.0. The average Bonchev–Trinajstić information content (AvgIpc) is 3.14. The standard InChI is InChI=1S/C22H31N3O2S/c1-22(13-7-3-8-14-22)21(27)25-17(11-4-2-9-15-23)19(26)20-24-16-10-5-6-12-18(16)28-20/h5-6,10,12,17H,2-4,7-9,11,13-15,23H2,1H3,(H,25,27)/t17-/m0/s1. The molecule has 1 aromatic heterocycles. The molecule has 1 amide bonds. The number of para-hydroxylation sites is 1. The number of Topliss-reactive ketones (excluding diaryl/α,β-unsaturated/α-hetero) is 1. The van der Waals surface area contributed by atoms with E-state index in [0.717, 1.165) is 55.2 Å². The number of thiazole rings is 1. The average molecular weight is 402 g/mol. The highest BCUT2D eigenvalue weighted by Gasteiger charge is 2.37. The van der Waals surface area contributed by atoms with E-state index in [4.69, 9.17) is 5.73 Å². The number of benzene rings is 1. The van der Waals surface area contributed by atoms with Gasteiger partial charge in [-0.15, -0.1) is 11.3 Å². The first-order valence-corrected chi connectivity index (χ1v) is 11.3. The summed E-state index contributed by atoms with van der Waals surface area (Å²) in [7, 11) is 0. The van der Waals surface area contributed by atoms with Gasteiger partial charge in [-0.2, -0.15) is 0 Å². The van der Waals surface area contributed by atoms with E-state index in [0.29, 0.717) is 18.0 Å². The van der Waals surface area contributed by atoms with Gasteiger partial charge in [0.15, 0.2) is 5.01 Å². The van der Waals surface area contributed by atoms with Crippen molar-refractivity contribution in [1.82, 2.24) is 10.3 Å². The van der Waals surface area contributed by atoms with Gasteiger partial charge in [0.05, 0.1) is 16.3 Å². The van der Waals surface area contributed by atoms with Gasteiger partial charge in [-0.05, 0) is 44.4 Å². The molecule has 0 spiro atoms. The largest absolute Gasteiger partial charge is 0.345 e. The highest BCUT2D eigenvalue weighted by Crippen LogP contribution is 2.36. The van der Waals surface area contributed by atoms with Crippen molar-refractivity contribution in [2.75, 3.05) is 6.54 Å². The molecule has 1 saturated carbocycles. The summed E-state index contributed by atoms with van der Waals surface area (Å²) in [6.07, 6.45) is 8.55. The number of rotatable bonds is 9. The number of aromatic nitrogens is 1. The first-order valence-electron chi connectivity index (χ1n) is 10.4. The molecule has 0 aliphatic heterocycles. The predicted octanol–water partition coefficient (Wildman–Crippen LogP) is 4.45. The quantitative estimate of drug-likeness (QED) is 0.480. The van der Waals surface area contributed by atoms with Crippen molar-refractivity contribution < 1.29 is 9.59 Å². The smallest absolute Gasteiger partial charge is 0.226 e. The number of amides is 1. The summed E-state index contributed by atoms with van der Waals surface area (Å²) in [4.78, 5) is 30.7. The van der Waals surface area contributed by atoms with Gasteiger partial charge in [0.2, 0.25) is 11.7 Å². The minimum atomic E-state index is -0.510. The maximum atomic E-state index is 13.2. The molecular weight excluding hydrogens is 370 g/mol. The van der Waals surface area contributed by atoms with Crippen molar-refractivity contribution in [3.8, 4) is 0 Å². The van der Waals surface area contributed by atoms with Crippen LogP contribution in [0.2, 0.25) is 0 Å². The molecule has 1 aliphatic rings. The Bertz CT molecular complexity index is 778. The molecule has 5 nitrogen and oxygen atoms in total. The van der Waals surface area contributed by atoms with Crippen LogP contribution in [0.1, 0.15) is 74.5 Å². The van der Waals surface area contributed by atoms with Crippen LogP contribution in [0, 0.1) is 5.41 Å². The summed E-state index contributed by atoms with van der Waals surface area (Å²) < 4.78 is 0.998. The van der Waals surface area contributed by atoms with Crippen LogP contribution in [0.5, 0.6) is 0 Å². The van der Waals surface area contributed by atoms with Crippen LogP contribution in [-0.2, 0) is 4.79 Å². The fourth-order valence-corrected chi connectivity index (χ4v) is 4.92. The molecule has 0 unspecified atom stereocenters. The Kier molecular flexibility index (Phi) is 7.18. The molecule has 6 heteroatoms. The number of ketones is 1. The molecule has 2 aromatic rings. The minimum Gasteiger partial charge on any atom is -0.345 e. The van der Waals surface area contributed by atoms with E-state index in [-0.39, 0.29) is 17.1 Å². The van der Waals surface area contributed by atoms with Crippen LogP contribution in [0.4, 0.5) is 0 Å². The lowest BCUT2D eigenvalue weighted by molar-refractivity contribution is -0.132. The van der Waals surface area contributed by atoms with E-state index in [1.165, 1.54) is 17.8 Å². The van der Waals surface area contributed by atoms with E-state index in [1.807, 2.05) is 31.2 Å². The van der Waals surface area contributed by atoms with Crippen LogP contribution in [0.3, 0.4) is 0 Å². The highest BCUT2D eigenvalue weighted by molar-refractivity contribution is 7.20. The van der Waals surface area contributed by atoms with Gasteiger partial charge in [0, 0.05) is 5.41 Å². The van der Waals surface area contributed by atoms with E-state index in [9.17, 15) is 9.59 Å². The van der Waals surface area contributed by atoms with Gasteiger partial charge in [-0.25, -0.2) is 4.98 Å². The van der Waals surface area contributed by atoms with Crippen molar-refractivity contribution in [3.63, 3.8) is 0 Å². The van der Waals surface area contributed by atoms with E-state index in [1.54, 1.807) is 0 Å². The Labute approximate surface area is 171 Å². The molecule has 152 valence electrons. The zero-order valence-corrected chi connectivity index (χ0v) is 17.5. The van der Waals surface area contributed by atoms with Gasteiger partial charge in [-0.1, -0.05) is 51.2 Å². The maximum Gasteiger partial charge on any atom is 0.226 e. The second-order valence-electron chi connectivity index (χ2n) is 8.14. The molecule has 1 fully saturated rings. The first kappa shape index (κ1) is 20.9. The molecule has 1 aromatic carbocycles. The topological polar surface area (TPSA) is 85.1 Å². The number of carbonyl (C=O) groups excluding carboxylic acids is 2. The van der Waals surface area contributed by atoms with Crippen LogP contribution in [0.15, 0.2) is 24.3 Å². The molecule has 0 bridgehead atoms. The van der Waals surface area contributed by atoms with Crippen LogP contribution >= 0.6 is 11.3 Å². The number of hydrogen-bond acceptors (Lipinski definition) is 5. The van der Waals surface area contributed by atoms with E-state index < -0.39 is 6.04 Å². The highest BCUT2D eigenvalue weighted by atomic mass is 32.1. The van der Waals surface area contributed by atoms with Crippen molar-refractivity contribution in [2.45, 2.75) is 70.8 Å². The molecular formula is C22H31N3O2S. The Balaban J connectivity index is 1.75. The van der Waals surface area contributed by atoms with Crippen molar-refractivity contribution in [2.24, 2.45) is 11.1 Å². The molecule has 28 heavy (non-hydrogen) atoms.